The van der Waals surface area contributed by atoms with Gasteiger partial charge in [-0.2, -0.15) is 0 Å². The van der Waals surface area contributed by atoms with Gasteiger partial charge < -0.3 is 4.57 Å². The van der Waals surface area contributed by atoms with Crippen molar-refractivity contribution in [3.63, 3.8) is 0 Å². The van der Waals surface area contributed by atoms with Crippen LogP contribution in [0.3, 0.4) is 0 Å². The van der Waals surface area contributed by atoms with Crippen molar-refractivity contribution >= 4 is 11.2 Å². The quantitative estimate of drug-likeness (QED) is 0.476. The number of hydrogen-bond acceptors (Lipinski definition) is 3. The Balaban J connectivity index is 2.00. The number of benzene rings is 2. The number of para-hydroxylation sites is 1. The molecule has 4 aromatic rings. The van der Waals surface area contributed by atoms with Crippen molar-refractivity contribution in [1.82, 2.24) is 18.7 Å². The van der Waals surface area contributed by atoms with Crippen LogP contribution in [0.25, 0.3) is 16.9 Å². The first kappa shape index (κ1) is 20.8. The molecule has 0 aliphatic carbocycles. The van der Waals surface area contributed by atoms with E-state index in [0.717, 1.165) is 28.8 Å². The second kappa shape index (κ2) is 8.38. The van der Waals surface area contributed by atoms with Crippen molar-refractivity contribution < 1.29 is 0 Å². The fraction of sp³-hybridized carbons (Fsp3) is 0.320. The molecule has 160 valence electrons. The van der Waals surface area contributed by atoms with Crippen LogP contribution in [0.15, 0.2) is 64.4 Å². The van der Waals surface area contributed by atoms with Gasteiger partial charge in [-0.3, -0.25) is 9.36 Å². The fourth-order valence-electron chi connectivity index (χ4n) is 3.89. The molecule has 0 spiro atoms. The van der Waals surface area contributed by atoms with E-state index in [1.54, 1.807) is 10.9 Å². The van der Waals surface area contributed by atoms with E-state index in [1.807, 2.05) is 47.9 Å². The molecule has 0 fully saturated rings. The lowest BCUT2D eigenvalue weighted by molar-refractivity contribution is 0.491. The molecule has 2 heterocycles. The number of aromatic nitrogens is 4. The smallest absolute Gasteiger partial charge is 0.320 e. The van der Waals surface area contributed by atoms with Gasteiger partial charge in [0.05, 0.1) is 12.0 Å². The average Bonchev–Trinajstić information content (AvgIpc) is 3.14. The molecular weight excluding hydrogens is 388 g/mol. The zero-order valence-corrected chi connectivity index (χ0v) is 18.5. The van der Waals surface area contributed by atoms with Gasteiger partial charge in [0.1, 0.15) is 0 Å². The molecule has 2 aromatic heterocycles. The van der Waals surface area contributed by atoms with Crippen molar-refractivity contribution in [3.8, 4) is 5.69 Å². The molecule has 0 saturated heterocycles. The first-order chi connectivity index (χ1) is 14.9. The minimum atomic E-state index is -0.339. The molecule has 0 aliphatic heterocycles. The Morgan fingerprint density at radius 2 is 1.61 bits per heavy atom. The molecule has 0 radical (unpaired) electrons. The summed E-state index contributed by atoms with van der Waals surface area (Å²) < 4.78 is 4.81. The van der Waals surface area contributed by atoms with Gasteiger partial charge in [-0.05, 0) is 48.9 Å². The average molecular weight is 417 g/mol. The molecule has 0 bridgehead atoms. The number of rotatable bonds is 6. The van der Waals surface area contributed by atoms with Crippen molar-refractivity contribution in [2.24, 2.45) is 5.92 Å². The molecule has 6 nitrogen and oxygen atoms in total. The fourth-order valence-corrected chi connectivity index (χ4v) is 3.89. The van der Waals surface area contributed by atoms with Crippen LogP contribution >= 0.6 is 0 Å². The molecule has 6 heteroatoms. The van der Waals surface area contributed by atoms with E-state index < -0.39 is 0 Å². The first-order valence-corrected chi connectivity index (χ1v) is 10.7. The standard InChI is InChI=1S/C25H28N4O2/c1-17(2)13-14-28-24(30)22-23(29(25(28)31)21-12-8-6-10-19(21)4)26-16-27(22)15-20-11-7-5-9-18(20)3/h5-12,16-17H,13-15H2,1-4H3. The van der Waals surface area contributed by atoms with Crippen LogP contribution in [-0.2, 0) is 13.1 Å². The number of aryl methyl sites for hydroxylation is 2. The lowest BCUT2D eigenvalue weighted by Gasteiger charge is -2.15. The third-order valence-electron chi connectivity index (χ3n) is 5.79. The van der Waals surface area contributed by atoms with Crippen LogP contribution in [0.2, 0.25) is 0 Å². The van der Waals surface area contributed by atoms with Crippen LogP contribution in [-0.4, -0.2) is 18.7 Å². The maximum Gasteiger partial charge on any atom is 0.337 e. The molecule has 0 atom stereocenters. The van der Waals surface area contributed by atoms with E-state index in [4.69, 9.17) is 0 Å². The zero-order chi connectivity index (χ0) is 22.1. The van der Waals surface area contributed by atoms with E-state index in [1.165, 1.54) is 4.57 Å². The van der Waals surface area contributed by atoms with Gasteiger partial charge in [-0.1, -0.05) is 56.3 Å². The Hall–Kier alpha value is -3.41. The predicted molar refractivity (Wildman–Crippen MR) is 124 cm³/mol. The lowest BCUT2D eigenvalue weighted by Crippen LogP contribution is -2.40. The maximum atomic E-state index is 13.5. The van der Waals surface area contributed by atoms with Crippen LogP contribution < -0.4 is 11.2 Å². The Morgan fingerprint density at radius 3 is 2.29 bits per heavy atom. The lowest BCUT2D eigenvalue weighted by atomic mass is 10.1. The topological polar surface area (TPSA) is 61.8 Å². The van der Waals surface area contributed by atoms with Gasteiger partial charge in [0, 0.05) is 13.1 Å². The molecule has 31 heavy (non-hydrogen) atoms. The predicted octanol–water partition coefficient (Wildman–Crippen LogP) is 4.06. The molecule has 0 aliphatic rings. The Morgan fingerprint density at radius 1 is 0.935 bits per heavy atom. The van der Waals surface area contributed by atoms with Gasteiger partial charge in [-0.25, -0.2) is 14.3 Å². The summed E-state index contributed by atoms with van der Waals surface area (Å²) in [5, 5.41) is 0. The highest BCUT2D eigenvalue weighted by atomic mass is 16.2. The largest absolute Gasteiger partial charge is 0.337 e. The number of imidazole rings is 1. The van der Waals surface area contributed by atoms with E-state index in [-0.39, 0.29) is 11.2 Å². The molecule has 0 saturated carbocycles. The Labute approximate surface area is 181 Å². The van der Waals surface area contributed by atoms with E-state index in [9.17, 15) is 9.59 Å². The maximum absolute atomic E-state index is 13.5. The number of hydrogen-bond donors (Lipinski definition) is 0. The Bertz CT molecular complexity index is 1360. The summed E-state index contributed by atoms with van der Waals surface area (Å²) in [6.07, 6.45) is 2.42. The SMILES string of the molecule is Cc1ccccc1Cn1cnc2c1c(=O)n(CCC(C)C)c(=O)n2-c1ccccc1C. The van der Waals surface area contributed by atoms with Gasteiger partial charge >= 0.3 is 5.69 Å². The summed E-state index contributed by atoms with van der Waals surface area (Å²) in [6, 6.07) is 15.8. The second-order valence-electron chi connectivity index (χ2n) is 8.51. The highest BCUT2D eigenvalue weighted by Gasteiger charge is 2.20. The van der Waals surface area contributed by atoms with Crippen LogP contribution in [0.1, 0.15) is 37.0 Å². The monoisotopic (exact) mass is 416 g/mol. The summed E-state index contributed by atoms with van der Waals surface area (Å²) in [6.45, 7) is 9.10. The molecule has 0 N–H and O–H groups in total. The second-order valence-corrected chi connectivity index (χ2v) is 8.51. The summed E-state index contributed by atoms with van der Waals surface area (Å²) in [5.41, 5.74) is 4.20. The normalized spacial score (nSPS) is 11.5. The van der Waals surface area contributed by atoms with Crippen LogP contribution in [0.5, 0.6) is 0 Å². The summed E-state index contributed by atoms with van der Waals surface area (Å²) in [5.74, 6) is 0.380. The third-order valence-corrected chi connectivity index (χ3v) is 5.79. The zero-order valence-electron chi connectivity index (χ0n) is 18.5. The van der Waals surface area contributed by atoms with Crippen LogP contribution in [0.4, 0.5) is 0 Å². The van der Waals surface area contributed by atoms with Crippen molar-refractivity contribution in [2.45, 2.75) is 47.2 Å². The number of fused-ring (bicyclic) bond motifs is 1. The molecule has 0 amide bonds. The minimum Gasteiger partial charge on any atom is -0.320 e. The molecule has 0 unspecified atom stereocenters. The van der Waals surface area contributed by atoms with Crippen LogP contribution in [0, 0.1) is 19.8 Å². The van der Waals surface area contributed by atoms with E-state index in [2.05, 4.69) is 37.9 Å². The Kier molecular flexibility index (Phi) is 5.63. The summed E-state index contributed by atoms with van der Waals surface area (Å²) in [7, 11) is 0. The third kappa shape index (κ3) is 3.85. The number of nitrogens with zero attached hydrogens (tertiary/aromatic N) is 4. The van der Waals surface area contributed by atoms with Gasteiger partial charge in [0.25, 0.3) is 5.56 Å². The van der Waals surface area contributed by atoms with Gasteiger partial charge in [0.2, 0.25) is 0 Å². The minimum absolute atomic E-state index is 0.281. The highest BCUT2D eigenvalue weighted by molar-refractivity contribution is 5.73. The van der Waals surface area contributed by atoms with Crippen molar-refractivity contribution in [3.05, 3.63) is 92.4 Å². The van der Waals surface area contributed by atoms with E-state index in [0.29, 0.717) is 30.2 Å². The highest BCUT2D eigenvalue weighted by Crippen LogP contribution is 2.18. The molecule has 2 aromatic carbocycles. The van der Waals surface area contributed by atoms with Gasteiger partial charge in [-0.15, -0.1) is 0 Å². The molecular formula is C25H28N4O2. The van der Waals surface area contributed by atoms with Crippen molar-refractivity contribution in [2.75, 3.05) is 0 Å². The van der Waals surface area contributed by atoms with Gasteiger partial charge in [0.15, 0.2) is 11.2 Å². The van der Waals surface area contributed by atoms with E-state index >= 15 is 0 Å². The summed E-state index contributed by atoms with van der Waals surface area (Å²) >= 11 is 0. The first-order valence-electron chi connectivity index (χ1n) is 10.7. The molecule has 4 rings (SSSR count). The van der Waals surface area contributed by atoms with Crippen molar-refractivity contribution in [1.29, 1.82) is 0 Å². The summed E-state index contributed by atoms with van der Waals surface area (Å²) in [4.78, 5) is 31.5.